The lowest BCUT2D eigenvalue weighted by molar-refractivity contribution is -0.128. The third-order valence-corrected chi connectivity index (χ3v) is 4.02. The Morgan fingerprint density at radius 3 is 2.55 bits per heavy atom. The zero-order valence-electron chi connectivity index (χ0n) is 13.6. The fraction of sp³-hybridized carbons (Fsp3) is 0.611. The highest BCUT2D eigenvalue weighted by Gasteiger charge is 2.17. The molecule has 1 fully saturated rings. The van der Waals surface area contributed by atoms with Gasteiger partial charge in [-0.1, -0.05) is 26.2 Å². The molecule has 1 aliphatic heterocycles. The van der Waals surface area contributed by atoms with E-state index in [0.29, 0.717) is 6.54 Å². The number of carbonyl (C=O) groups excluding carboxylic acids is 1. The predicted molar refractivity (Wildman–Crippen MR) is 90.4 cm³/mol. The van der Waals surface area contributed by atoms with Crippen molar-refractivity contribution in [2.24, 2.45) is 0 Å². The Labute approximate surface area is 133 Å². The van der Waals surface area contributed by atoms with Gasteiger partial charge in [0.25, 0.3) is 0 Å². The molecule has 1 heterocycles. The van der Waals surface area contributed by atoms with E-state index in [9.17, 15) is 4.79 Å². The average molecular weight is 304 g/mol. The van der Waals surface area contributed by atoms with E-state index >= 15 is 0 Å². The van der Waals surface area contributed by atoms with Gasteiger partial charge in [-0.25, -0.2) is 0 Å². The summed E-state index contributed by atoms with van der Waals surface area (Å²) in [6, 6.07) is 7.86. The van der Waals surface area contributed by atoms with Crippen LogP contribution < -0.4 is 10.1 Å². The molecule has 22 heavy (non-hydrogen) atoms. The third kappa shape index (κ3) is 5.58. The van der Waals surface area contributed by atoms with Gasteiger partial charge in [0.15, 0.2) is 0 Å². The van der Waals surface area contributed by atoms with Gasteiger partial charge in [-0.2, -0.15) is 0 Å². The second kappa shape index (κ2) is 9.34. The molecular weight excluding hydrogens is 276 g/mol. The fourth-order valence-corrected chi connectivity index (χ4v) is 2.64. The van der Waals surface area contributed by atoms with Gasteiger partial charge in [0.1, 0.15) is 5.75 Å². The molecule has 1 saturated heterocycles. The summed E-state index contributed by atoms with van der Waals surface area (Å²) >= 11 is 0. The second-order valence-corrected chi connectivity index (χ2v) is 5.87. The van der Waals surface area contributed by atoms with E-state index in [0.717, 1.165) is 50.4 Å². The lowest BCUT2D eigenvalue weighted by Crippen LogP contribution is -2.32. The van der Waals surface area contributed by atoms with Crippen LogP contribution in [0.25, 0.3) is 0 Å². The van der Waals surface area contributed by atoms with Crippen LogP contribution in [0.4, 0.5) is 5.69 Å². The summed E-state index contributed by atoms with van der Waals surface area (Å²) in [5, 5.41) is 3.19. The molecule has 1 aromatic carbocycles. The van der Waals surface area contributed by atoms with Crippen molar-refractivity contribution >= 4 is 11.6 Å². The van der Waals surface area contributed by atoms with Gasteiger partial charge < -0.3 is 15.0 Å². The Bertz CT molecular complexity index is 439. The van der Waals surface area contributed by atoms with Crippen LogP contribution in [-0.4, -0.2) is 37.0 Å². The predicted octanol–water partition coefficient (Wildman–Crippen LogP) is 3.68. The number of hydrogen-bond donors (Lipinski definition) is 1. The molecule has 0 bridgehead atoms. The summed E-state index contributed by atoms with van der Waals surface area (Å²) in [4.78, 5) is 13.9. The van der Waals surface area contributed by atoms with Crippen molar-refractivity contribution in [2.75, 3.05) is 31.6 Å². The van der Waals surface area contributed by atoms with E-state index in [-0.39, 0.29) is 5.91 Å². The van der Waals surface area contributed by atoms with Gasteiger partial charge in [0.05, 0.1) is 13.2 Å². The number of amides is 1. The molecule has 0 aliphatic carbocycles. The number of anilines is 1. The number of benzene rings is 1. The average Bonchev–Trinajstić information content (AvgIpc) is 3.08. The summed E-state index contributed by atoms with van der Waals surface area (Å²) in [6.07, 6.45) is 7.13. The van der Waals surface area contributed by atoms with Gasteiger partial charge in [0, 0.05) is 18.8 Å². The van der Waals surface area contributed by atoms with Crippen LogP contribution in [-0.2, 0) is 4.79 Å². The molecule has 0 unspecified atom stereocenters. The highest BCUT2D eigenvalue weighted by atomic mass is 16.5. The van der Waals surface area contributed by atoms with Crippen LogP contribution in [0.1, 0.15) is 45.4 Å². The maximum atomic E-state index is 12.0. The SMILES string of the molecule is CCCCCCOc1ccc(NCC(=O)N2CCCC2)cc1. The number of carbonyl (C=O) groups is 1. The topological polar surface area (TPSA) is 41.6 Å². The third-order valence-electron chi connectivity index (χ3n) is 4.02. The van der Waals surface area contributed by atoms with E-state index in [1.54, 1.807) is 0 Å². The largest absolute Gasteiger partial charge is 0.494 e. The molecular formula is C18H28N2O2. The first-order chi connectivity index (χ1) is 10.8. The molecule has 1 aromatic rings. The summed E-state index contributed by atoms with van der Waals surface area (Å²) in [5.41, 5.74) is 0.964. The first kappa shape index (κ1) is 16.7. The number of ether oxygens (including phenoxy) is 1. The van der Waals surface area contributed by atoms with Crippen molar-refractivity contribution in [3.63, 3.8) is 0 Å². The molecule has 122 valence electrons. The zero-order valence-corrected chi connectivity index (χ0v) is 13.6. The molecule has 1 amide bonds. The summed E-state index contributed by atoms with van der Waals surface area (Å²) in [7, 11) is 0. The fourth-order valence-electron chi connectivity index (χ4n) is 2.64. The van der Waals surface area contributed by atoms with Crippen LogP contribution in [0.5, 0.6) is 5.75 Å². The summed E-state index contributed by atoms with van der Waals surface area (Å²) in [5.74, 6) is 1.08. The first-order valence-electron chi connectivity index (χ1n) is 8.54. The van der Waals surface area contributed by atoms with Gasteiger partial charge in [-0.15, -0.1) is 0 Å². The maximum Gasteiger partial charge on any atom is 0.241 e. The second-order valence-electron chi connectivity index (χ2n) is 5.87. The van der Waals surface area contributed by atoms with Gasteiger partial charge >= 0.3 is 0 Å². The van der Waals surface area contributed by atoms with Crippen molar-refractivity contribution in [1.82, 2.24) is 4.90 Å². The quantitative estimate of drug-likeness (QED) is 0.708. The van der Waals surface area contributed by atoms with E-state index in [4.69, 9.17) is 4.74 Å². The standard InChI is InChI=1S/C18H28N2O2/c1-2-3-4-7-14-22-17-10-8-16(9-11-17)19-15-18(21)20-12-5-6-13-20/h8-11,19H,2-7,12-15H2,1H3. The number of nitrogens with one attached hydrogen (secondary N) is 1. The number of hydrogen-bond acceptors (Lipinski definition) is 3. The van der Waals surface area contributed by atoms with E-state index in [2.05, 4.69) is 12.2 Å². The highest BCUT2D eigenvalue weighted by Crippen LogP contribution is 2.16. The van der Waals surface area contributed by atoms with Crippen molar-refractivity contribution in [3.05, 3.63) is 24.3 Å². The first-order valence-corrected chi connectivity index (χ1v) is 8.54. The molecule has 4 heteroatoms. The minimum absolute atomic E-state index is 0.189. The van der Waals surface area contributed by atoms with Gasteiger partial charge in [-0.3, -0.25) is 4.79 Å². The molecule has 0 spiro atoms. The Balaban J connectivity index is 1.66. The Hall–Kier alpha value is -1.71. The van der Waals surface area contributed by atoms with Crippen molar-refractivity contribution in [1.29, 1.82) is 0 Å². The summed E-state index contributed by atoms with van der Waals surface area (Å²) < 4.78 is 5.71. The molecule has 0 radical (unpaired) electrons. The minimum atomic E-state index is 0.189. The van der Waals surface area contributed by atoms with Crippen LogP contribution in [0.15, 0.2) is 24.3 Å². The Kier molecular flexibility index (Phi) is 7.07. The molecule has 1 N–H and O–H groups in total. The highest BCUT2D eigenvalue weighted by molar-refractivity contribution is 5.81. The Morgan fingerprint density at radius 1 is 1.14 bits per heavy atom. The van der Waals surface area contributed by atoms with Crippen LogP contribution >= 0.6 is 0 Å². The lowest BCUT2D eigenvalue weighted by Gasteiger charge is -2.16. The van der Waals surface area contributed by atoms with Crippen LogP contribution in [0.2, 0.25) is 0 Å². The monoisotopic (exact) mass is 304 g/mol. The maximum absolute atomic E-state index is 12.0. The van der Waals surface area contributed by atoms with Crippen LogP contribution in [0, 0.1) is 0 Å². The molecule has 0 saturated carbocycles. The number of unbranched alkanes of at least 4 members (excludes halogenated alkanes) is 3. The minimum Gasteiger partial charge on any atom is -0.494 e. The van der Waals surface area contributed by atoms with Gasteiger partial charge in [-0.05, 0) is 43.5 Å². The van der Waals surface area contributed by atoms with Crippen molar-refractivity contribution in [3.8, 4) is 5.75 Å². The smallest absolute Gasteiger partial charge is 0.241 e. The molecule has 1 aliphatic rings. The van der Waals surface area contributed by atoms with E-state index in [1.807, 2.05) is 29.2 Å². The Morgan fingerprint density at radius 2 is 1.86 bits per heavy atom. The molecule has 2 rings (SSSR count). The molecule has 4 nitrogen and oxygen atoms in total. The summed E-state index contributed by atoms with van der Waals surface area (Å²) in [6.45, 7) is 5.18. The van der Waals surface area contributed by atoms with E-state index in [1.165, 1.54) is 19.3 Å². The van der Waals surface area contributed by atoms with Crippen molar-refractivity contribution in [2.45, 2.75) is 45.4 Å². The zero-order chi connectivity index (χ0) is 15.6. The number of likely N-dealkylation sites (tertiary alicyclic amines) is 1. The lowest BCUT2D eigenvalue weighted by atomic mass is 10.2. The molecule has 0 aromatic heterocycles. The van der Waals surface area contributed by atoms with E-state index < -0.39 is 0 Å². The number of rotatable bonds is 9. The molecule has 0 atom stereocenters. The van der Waals surface area contributed by atoms with Gasteiger partial charge in [0.2, 0.25) is 5.91 Å². The van der Waals surface area contributed by atoms with Crippen molar-refractivity contribution < 1.29 is 9.53 Å². The van der Waals surface area contributed by atoms with Crippen LogP contribution in [0.3, 0.4) is 0 Å². The normalized spacial score (nSPS) is 14.1. The number of nitrogens with zero attached hydrogens (tertiary/aromatic N) is 1.